The van der Waals surface area contributed by atoms with Crippen molar-refractivity contribution in [1.82, 2.24) is 0 Å². The van der Waals surface area contributed by atoms with Crippen LogP contribution in [0.5, 0.6) is 0 Å². The predicted octanol–water partition coefficient (Wildman–Crippen LogP) is 1.33. The van der Waals surface area contributed by atoms with Crippen LogP contribution in [0.3, 0.4) is 0 Å². The quantitative estimate of drug-likeness (QED) is 0.400. The standard InChI is InChI=1S/C8H15N3O2/c1-5-4-13-7(3-12)8(6(5)2)10-11-9/h5-8,12H,3-4H2,1-2H3/t5?,6-,7?,8-/m1/s1. The number of azide groups is 1. The second-order valence-corrected chi connectivity index (χ2v) is 3.59. The molecule has 5 nitrogen and oxygen atoms in total. The first-order valence-corrected chi connectivity index (χ1v) is 4.47. The summed E-state index contributed by atoms with van der Waals surface area (Å²) < 4.78 is 5.36. The molecule has 0 bridgehead atoms. The van der Waals surface area contributed by atoms with Crippen molar-refractivity contribution in [3.8, 4) is 0 Å². The molecule has 1 fully saturated rings. The van der Waals surface area contributed by atoms with E-state index in [0.717, 1.165) is 0 Å². The van der Waals surface area contributed by atoms with Gasteiger partial charge in [-0.25, -0.2) is 0 Å². The van der Waals surface area contributed by atoms with E-state index in [0.29, 0.717) is 12.5 Å². The number of hydrogen-bond acceptors (Lipinski definition) is 3. The average molecular weight is 185 g/mol. The van der Waals surface area contributed by atoms with Crippen molar-refractivity contribution >= 4 is 0 Å². The van der Waals surface area contributed by atoms with Gasteiger partial charge in [-0.1, -0.05) is 19.0 Å². The Hall–Kier alpha value is -0.770. The molecule has 0 aliphatic carbocycles. The van der Waals surface area contributed by atoms with Gasteiger partial charge in [0.15, 0.2) is 0 Å². The van der Waals surface area contributed by atoms with Gasteiger partial charge in [-0.15, -0.1) is 0 Å². The van der Waals surface area contributed by atoms with Crippen LogP contribution in [-0.2, 0) is 4.74 Å². The highest BCUT2D eigenvalue weighted by atomic mass is 16.5. The highest BCUT2D eigenvalue weighted by Crippen LogP contribution is 2.27. The van der Waals surface area contributed by atoms with Crippen LogP contribution in [-0.4, -0.2) is 30.5 Å². The molecule has 0 radical (unpaired) electrons. The molecule has 0 aromatic heterocycles. The van der Waals surface area contributed by atoms with Gasteiger partial charge in [0.05, 0.1) is 18.8 Å². The highest BCUT2D eigenvalue weighted by molar-refractivity contribution is 4.88. The van der Waals surface area contributed by atoms with Crippen molar-refractivity contribution in [3.63, 3.8) is 0 Å². The fraction of sp³-hybridized carbons (Fsp3) is 1.00. The van der Waals surface area contributed by atoms with Crippen LogP contribution < -0.4 is 0 Å². The van der Waals surface area contributed by atoms with Crippen molar-refractivity contribution in [2.24, 2.45) is 17.0 Å². The van der Waals surface area contributed by atoms with E-state index in [1.165, 1.54) is 0 Å². The third kappa shape index (κ3) is 2.12. The van der Waals surface area contributed by atoms with E-state index in [-0.39, 0.29) is 24.7 Å². The Morgan fingerprint density at radius 3 is 2.85 bits per heavy atom. The van der Waals surface area contributed by atoms with Gasteiger partial charge in [-0.2, -0.15) is 0 Å². The molecule has 13 heavy (non-hydrogen) atoms. The summed E-state index contributed by atoms with van der Waals surface area (Å²) in [7, 11) is 0. The van der Waals surface area contributed by atoms with Crippen molar-refractivity contribution in [2.75, 3.05) is 13.2 Å². The lowest BCUT2D eigenvalue weighted by atomic mass is 9.84. The van der Waals surface area contributed by atoms with E-state index in [2.05, 4.69) is 16.9 Å². The number of ether oxygens (including phenoxy) is 1. The van der Waals surface area contributed by atoms with Crippen molar-refractivity contribution in [3.05, 3.63) is 10.4 Å². The summed E-state index contributed by atoms with van der Waals surface area (Å²) in [6.45, 7) is 4.62. The maximum absolute atomic E-state index is 8.98. The van der Waals surface area contributed by atoms with E-state index >= 15 is 0 Å². The van der Waals surface area contributed by atoms with Crippen LogP contribution in [0, 0.1) is 11.8 Å². The molecule has 2 unspecified atom stereocenters. The largest absolute Gasteiger partial charge is 0.394 e. The SMILES string of the molecule is CC1COC(CO)[C@H](N=[N+]=[N-])[C@@H]1C. The van der Waals surface area contributed by atoms with Gasteiger partial charge in [0.25, 0.3) is 0 Å². The molecule has 0 amide bonds. The summed E-state index contributed by atoms with van der Waals surface area (Å²) in [6.07, 6.45) is -0.331. The molecule has 0 aromatic carbocycles. The Balaban J connectivity index is 2.74. The Morgan fingerprint density at radius 2 is 2.31 bits per heavy atom. The number of aliphatic hydroxyl groups excluding tert-OH is 1. The summed E-state index contributed by atoms with van der Waals surface area (Å²) in [6, 6.07) is -0.237. The fourth-order valence-corrected chi connectivity index (χ4v) is 1.60. The summed E-state index contributed by atoms with van der Waals surface area (Å²) in [5.41, 5.74) is 8.36. The molecule has 74 valence electrons. The number of hydrogen-bond donors (Lipinski definition) is 1. The number of aliphatic hydroxyl groups is 1. The predicted molar refractivity (Wildman–Crippen MR) is 48.1 cm³/mol. The topological polar surface area (TPSA) is 78.2 Å². The lowest BCUT2D eigenvalue weighted by Crippen LogP contribution is -2.44. The molecule has 4 atom stereocenters. The van der Waals surface area contributed by atoms with Crippen molar-refractivity contribution < 1.29 is 9.84 Å². The summed E-state index contributed by atoms with van der Waals surface area (Å²) in [5, 5.41) is 12.6. The van der Waals surface area contributed by atoms with Gasteiger partial charge in [-0.3, -0.25) is 0 Å². The van der Waals surface area contributed by atoms with Crippen molar-refractivity contribution in [1.29, 1.82) is 0 Å². The fourth-order valence-electron chi connectivity index (χ4n) is 1.60. The van der Waals surface area contributed by atoms with Gasteiger partial charge >= 0.3 is 0 Å². The molecule has 1 heterocycles. The summed E-state index contributed by atoms with van der Waals surface area (Å²) >= 11 is 0. The summed E-state index contributed by atoms with van der Waals surface area (Å²) in [4.78, 5) is 2.78. The van der Waals surface area contributed by atoms with Gasteiger partial charge in [-0.05, 0) is 17.4 Å². The molecule has 1 aliphatic heterocycles. The Morgan fingerprint density at radius 1 is 1.62 bits per heavy atom. The molecule has 1 N–H and O–H groups in total. The van der Waals surface area contributed by atoms with Gasteiger partial charge in [0, 0.05) is 11.5 Å². The lowest BCUT2D eigenvalue weighted by molar-refractivity contribution is -0.0740. The first kappa shape index (κ1) is 10.3. The number of nitrogens with zero attached hydrogens (tertiary/aromatic N) is 3. The molecule has 0 spiro atoms. The average Bonchev–Trinajstić information content (AvgIpc) is 2.14. The van der Waals surface area contributed by atoms with Gasteiger partial charge < -0.3 is 9.84 Å². The summed E-state index contributed by atoms with van der Waals surface area (Å²) in [5.74, 6) is 0.639. The van der Waals surface area contributed by atoms with E-state index in [1.54, 1.807) is 0 Å². The van der Waals surface area contributed by atoms with E-state index in [4.69, 9.17) is 15.4 Å². The third-order valence-corrected chi connectivity index (χ3v) is 2.76. The molecule has 1 saturated heterocycles. The molecule has 0 saturated carbocycles. The number of rotatable bonds is 2. The van der Waals surface area contributed by atoms with Crippen LogP contribution in [0.4, 0.5) is 0 Å². The third-order valence-electron chi connectivity index (χ3n) is 2.76. The maximum Gasteiger partial charge on any atom is 0.0893 e. The minimum absolute atomic E-state index is 0.0826. The van der Waals surface area contributed by atoms with Crippen LogP contribution in [0.2, 0.25) is 0 Å². The normalized spacial score (nSPS) is 39.6. The zero-order valence-electron chi connectivity index (χ0n) is 7.92. The molecule has 1 rings (SSSR count). The Labute approximate surface area is 77.3 Å². The second-order valence-electron chi connectivity index (χ2n) is 3.59. The first-order chi connectivity index (χ1) is 6.20. The van der Waals surface area contributed by atoms with Crippen molar-refractivity contribution in [2.45, 2.75) is 26.0 Å². The molecular weight excluding hydrogens is 170 g/mol. The zero-order chi connectivity index (χ0) is 9.84. The van der Waals surface area contributed by atoms with Gasteiger partial charge in [0.1, 0.15) is 0 Å². The van der Waals surface area contributed by atoms with Crippen LogP contribution >= 0.6 is 0 Å². The molecule has 1 aliphatic rings. The zero-order valence-corrected chi connectivity index (χ0v) is 7.92. The smallest absolute Gasteiger partial charge is 0.0893 e. The highest BCUT2D eigenvalue weighted by Gasteiger charge is 2.34. The Kier molecular flexibility index (Phi) is 3.54. The molecule has 5 heteroatoms. The minimum Gasteiger partial charge on any atom is -0.394 e. The van der Waals surface area contributed by atoms with Crippen LogP contribution in [0.1, 0.15) is 13.8 Å². The maximum atomic E-state index is 8.98. The monoisotopic (exact) mass is 185 g/mol. The van der Waals surface area contributed by atoms with Crippen LogP contribution in [0.15, 0.2) is 5.11 Å². The minimum atomic E-state index is -0.331. The van der Waals surface area contributed by atoms with E-state index in [9.17, 15) is 0 Å². The molecule has 0 aromatic rings. The van der Waals surface area contributed by atoms with Crippen LogP contribution in [0.25, 0.3) is 10.4 Å². The van der Waals surface area contributed by atoms with Gasteiger partial charge in [0.2, 0.25) is 0 Å². The lowest BCUT2D eigenvalue weighted by Gasteiger charge is -2.36. The molecular formula is C8H15N3O2. The Bertz CT molecular complexity index is 213. The first-order valence-electron chi connectivity index (χ1n) is 4.47. The second kappa shape index (κ2) is 4.46. The van der Waals surface area contributed by atoms with E-state index < -0.39 is 0 Å². The van der Waals surface area contributed by atoms with E-state index in [1.807, 2.05) is 6.92 Å².